The zero-order valence-corrected chi connectivity index (χ0v) is 23.5. The highest BCUT2D eigenvalue weighted by Crippen LogP contribution is 2.29. The number of H-pyrrole nitrogens is 1. The molecule has 1 fully saturated rings. The lowest BCUT2D eigenvalue weighted by Crippen LogP contribution is -2.59. The fourth-order valence-corrected chi connectivity index (χ4v) is 4.83. The molecule has 10 nitrogen and oxygen atoms in total. The zero-order chi connectivity index (χ0) is 29.5. The summed E-state index contributed by atoms with van der Waals surface area (Å²) in [5.74, 6) is -3.57. The fourth-order valence-electron chi connectivity index (χ4n) is 4.83. The number of hydrogen-bond donors (Lipinski definition) is 3. The lowest BCUT2D eigenvalue weighted by Gasteiger charge is -2.36. The Kier molecular flexibility index (Phi) is 10.9. The number of aryl methyl sites for hydroxylation is 1. The Morgan fingerprint density at radius 2 is 1.82 bits per heavy atom. The smallest absolute Gasteiger partial charge is 0.338 e. The van der Waals surface area contributed by atoms with Crippen molar-refractivity contribution in [2.75, 3.05) is 19.6 Å². The number of nitrogens with one attached hydrogen (secondary N) is 3. The maximum atomic E-state index is 13.8. The molecule has 1 saturated heterocycles. The van der Waals surface area contributed by atoms with E-state index in [1.165, 1.54) is 4.90 Å². The predicted molar refractivity (Wildman–Crippen MR) is 138 cm³/mol. The first-order valence-corrected chi connectivity index (χ1v) is 13.2. The van der Waals surface area contributed by atoms with E-state index in [4.69, 9.17) is 0 Å². The number of alkyl halides is 3. The monoisotopic (exact) mass is 555 g/mol. The van der Waals surface area contributed by atoms with E-state index in [1.54, 1.807) is 33.8 Å². The van der Waals surface area contributed by atoms with Crippen LogP contribution in [0.3, 0.4) is 0 Å². The predicted octanol–water partition coefficient (Wildman–Crippen LogP) is 2.45. The topological polar surface area (TPSA) is 134 Å². The summed E-state index contributed by atoms with van der Waals surface area (Å²) in [7, 11) is 0. The van der Waals surface area contributed by atoms with Crippen LogP contribution in [0.1, 0.15) is 65.3 Å². The summed E-state index contributed by atoms with van der Waals surface area (Å²) >= 11 is 0. The molecule has 3 amide bonds. The molecule has 1 aliphatic heterocycles. The number of hydrogen-bond acceptors (Lipinski definition) is 6. The van der Waals surface area contributed by atoms with Gasteiger partial charge < -0.3 is 15.5 Å². The Morgan fingerprint density at radius 3 is 2.28 bits per heavy atom. The van der Waals surface area contributed by atoms with E-state index < -0.39 is 47.4 Å². The minimum atomic E-state index is -5.17. The Hall–Kier alpha value is -3.14. The van der Waals surface area contributed by atoms with E-state index in [9.17, 15) is 32.8 Å². The third kappa shape index (κ3) is 8.68. The molecule has 1 aromatic heterocycles. The lowest BCUT2D eigenvalue weighted by molar-refractivity contribution is -0.176. The first-order chi connectivity index (χ1) is 18.1. The lowest BCUT2D eigenvalue weighted by atomic mass is 9.85. The third-order valence-electron chi connectivity index (χ3n) is 6.69. The van der Waals surface area contributed by atoms with Gasteiger partial charge in [-0.25, -0.2) is 0 Å². The minimum absolute atomic E-state index is 0.112. The van der Waals surface area contributed by atoms with E-state index >= 15 is 0 Å². The van der Waals surface area contributed by atoms with Crippen LogP contribution >= 0.6 is 0 Å². The molecule has 0 spiro atoms. The molecule has 3 N–H and O–H groups in total. The summed E-state index contributed by atoms with van der Waals surface area (Å²) in [5.41, 5.74) is 0.303. The molecule has 0 radical (unpaired) electrons. The van der Waals surface area contributed by atoms with Crippen molar-refractivity contribution in [3.63, 3.8) is 0 Å². The number of nitriles is 1. The summed E-state index contributed by atoms with van der Waals surface area (Å²) in [6, 6.07) is 0.107. The van der Waals surface area contributed by atoms with Crippen LogP contribution in [-0.2, 0) is 20.8 Å². The molecule has 0 bridgehead atoms. The van der Waals surface area contributed by atoms with Gasteiger partial charge >= 0.3 is 12.1 Å². The average molecular weight is 556 g/mol. The summed E-state index contributed by atoms with van der Waals surface area (Å²) in [6.07, 6.45) is -3.10. The van der Waals surface area contributed by atoms with Gasteiger partial charge in [-0.3, -0.25) is 24.4 Å². The number of aromatic amines is 1. The molecule has 1 aromatic rings. The largest absolute Gasteiger partial charge is 0.471 e. The van der Waals surface area contributed by atoms with Gasteiger partial charge in [-0.15, -0.1) is 0 Å². The van der Waals surface area contributed by atoms with Crippen LogP contribution in [0.25, 0.3) is 0 Å². The van der Waals surface area contributed by atoms with Crippen LogP contribution in [0.15, 0.2) is 6.07 Å². The molecule has 2 heterocycles. The highest BCUT2D eigenvalue weighted by atomic mass is 19.4. The van der Waals surface area contributed by atoms with Gasteiger partial charge in [0.1, 0.15) is 18.1 Å². The number of carbonyl (C=O) groups excluding carboxylic acids is 3. The Bertz CT molecular complexity index is 1040. The van der Waals surface area contributed by atoms with Crippen molar-refractivity contribution in [2.24, 2.45) is 5.41 Å². The van der Waals surface area contributed by atoms with Gasteiger partial charge in [0.05, 0.1) is 11.8 Å². The van der Waals surface area contributed by atoms with Crippen molar-refractivity contribution in [2.45, 2.75) is 97.6 Å². The van der Waals surface area contributed by atoms with Crippen molar-refractivity contribution in [3.05, 3.63) is 17.5 Å². The highest BCUT2D eigenvalue weighted by Gasteiger charge is 2.48. The molecule has 13 heteroatoms. The van der Waals surface area contributed by atoms with Crippen molar-refractivity contribution in [1.29, 1.82) is 5.26 Å². The first-order valence-electron chi connectivity index (χ1n) is 13.2. The van der Waals surface area contributed by atoms with Gasteiger partial charge in [-0.2, -0.15) is 23.5 Å². The van der Waals surface area contributed by atoms with E-state index in [2.05, 4.69) is 20.4 Å². The molecule has 0 saturated carbocycles. The van der Waals surface area contributed by atoms with Gasteiger partial charge in [0.15, 0.2) is 0 Å². The van der Waals surface area contributed by atoms with Crippen LogP contribution in [0.2, 0.25) is 0 Å². The maximum Gasteiger partial charge on any atom is 0.471 e. The van der Waals surface area contributed by atoms with Crippen LogP contribution in [-0.4, -0.2) is 87.7 Å². The van der Waals surface area contributed by atoms with E-state index in [1.807, 2.05) is 25.2 Å². The van der Waals surface area contributed by atoms with Crippen molar-refractivity contribution < 1.29 is 27.6 Å². The normalized spacial score (nSPS) is 19.5. The number of halogens is 3. The molecular formula is C26H40F3N7O3. The molecule has 4 atom stereocenters. The van der Waals surface area contributed by atoms with Crippen molar-refractivity contribution in [3.8, 4) is 6.07 Å². The minimum Gasteiger partial charge on any atom is -0.338 e. The van der Waals surface area contributed by atoms with Gasteiger partial charge in [-0.1, -0.05) is 34.6 Å². The molecule has 1 aliphatic rings. The van der Waals surface area contributed by atoms with Crippen LogP contribution in [0, 0.1) is 23.7 Å². The van der Waals surface area contributed by atoms with Crippen LogP contribution in [0.5, 0.6) is 0 Å². The number of rotatable bonds is 11. The van der Waals surface area contributed by atoms with E-state index in [0.717, 1.165) is 31.6 Å². The zero-order valence-electron chi connectivity index (χ0n) is 23.5. The highest BCUT2D eigenvalue weighted by molar-refractivity contribution is 5.94. The molecule has 0 aromatic carbocycles. The second kappa shape index (κ2) is 13.3. The number of aromatic nitrogens is 2. The molecule has 218 valence electrons. The third-order valence-corrected chi connectivity index (χ3v) is 6.69. The van der Waals surface area contributed by atoms with E-state index in [-0.39, 0.29) is 25.4 Å². The molecule has 0 aliphatic carbocycles. The second-order valence-electron chi connectivity index (χ2n) is 11.1. The number of amides is 3. The molecular weight excluding hydrogens is 515 g/mol. The van der Waals surface area contributed by atoms with Gasteiger partial charge in [0.25, 0.3) is 0 Å². The summed E-state index contributed by atoms with van der Waals surface area (Å²) in [4.78, 5) is 42.5. The summed E-state index contributed by atoms with van der Waals surface area (Å²) in [6.45, 7) is 12.0. The van der Waals surface area contributed by atoms with Gasteiger partial charge in [0, 0.05) is 24.7 Å². The maximum absolute atomic E-state index is 13.8. The van der Waals surface area contributed by atoms with Crippen molar-refractivity contribution in [1.82, 2.24) is 30.6 Å². The fraction of sp³-hybridized carbons (Fsp3) is 0.731. The van der Waals surface area contributed by atoms with Crippen LogP contribution in [0.4, 0.5) is 13.2 Å². The number of likely N-dealkylation sites (tertiary alicyclic amines) is 1. The Labute approximate surface area is 227 Å². The SMILES string of the molecule is CCCN(CCC)C1C[C@@H](C(=O)N[C@H](C#N)Cc2cc(C)[nH]n2)N(C(=O)C(NC(=O)C(F)(F)F)C(C)(C)C)C1. The standard InChI is InChI=1S/C26H40F3N7O3/c1-7-9-35(10-8-2)19-13-20(22(37)31-18(14-30)12-17-11-16(3)33-34-17)36(15-19)23(38)21(25(4,5)6)32-24(39)26(27,28)29/h11,18-21H,7-10,12-13,15H2,1-6H3,(H,31,37)(H,32,39)(H,33,34)/t18-,19?,20-,21?/m0/s1. The van der Waals surface area contributed by atoms with Crippen molar-refractivity contribution >= 4 is 17.7 Å². The summed E-state index contributed by atoms with van der Waals surface area (Å²) in [5, 5.41) is 21.1. The first kappa shape index (κ1) is 32.1. The van der Waals surface area contributed by atoms with Gasteiger partial charge in [0.2, 0.25) is 11.8 Å². The second-order valence-corrected chi connectivity index (χ2v) is 11.1. The molecule has 2 rings (SSSR count). The number of nitrogens with zero attached hydrogens (tertiary/aromatic N) is 4. The van der Waals surface area contributed by atoms with E-state index in [0.29, 0.717) is 5.69 Å². The molecule has 2 unspecified atom stereocenters. The quantitative estimate of drug-likeness (QED) is 0.384. The Morgan fingerprint density at radius 1 is 1.21 bits per heavy atom. The van der Waals surface area contributed by atoms with Crippen LogP contribution < -0.4 is 10.6 Å². The number of carbonyl (C=O) groups is 3. The Balaban J connectivity index is 2.37. The van der Waals surface area contributed by atoms with Gasteiger partial charge in [-0.05, 0) is 50.8 Å². The summed E-state index contributed by atoms with van der Waals surface area (Å²) < 4.78 is 39.3. The molecule has 39 heavy (non-hydrogen) atoms. The average Bonchev–Trinajstić information content (AvgIpc) is 3.46.